The summed E-state index contributed by atoms with van der Waals surface area (Å²) in [4.78, 5) is 0. The van der Waals surface area contributed by atoms with Crippen LogP contribution in [0.2, 0.25) is 0 Å². The minimum absolute atomic E-state index is 0.392. The first kappa shape index (κ1) is 25.3. The Morgan fingerprint density at radius 1 is 0.571 bits per heavy atom. The minimum Gasteiger partial charge on any atom is -0.491 e. The Balaban J connectivity index is 1.28. The maximum Gasteiger partial charge on any atom is 0.127 e. The average Bonchev–Trinajstić information content (AvgIpc) is 3.33. The third-order valence-electron chi connectivity index (χ3n) is 5.23. The maximum atomic E-state index is 5.97. The topological polar surface area (TPSA) is 95.3 Å². The van der Waals surface area contributed by atoms with Gasteiger partial charge in [0.1, 0.15) is 30.4 Å². The lowest BCUT2D eigenvalue weighted by Crippen LogP contribution is -2.13. The molecule has 190 valence electrons. The number of hydrogen-bond acceptors (Lipinski definition) is 9. The molecule has 2 aromatic carbocycles. The first-order chi connectivity index (χ1) is 17.4. The fourth-order valence-corrected chi connectivity index (χ4v) is 3.54. The molecule has 0 saturated carbocycles. The van der Waals surface area contributed by atoms with Crippen molar-refractivity contribution in [3.63, 3.8) is 0 Å². The number of ether oxygens (including phenoxy) is 7. The van der Waals surface area contributed by atoms with Gasteiger partial charge in [-0.3, -0.25) is 0 Å². The maximum absolute atomic E-state index is 5.97. The molecule has 0 amide bonds. The van der Waals surface area contributed by atoms with Crippen molar-refractivity contribution in [2.24, 2.45) is 0 Å². The van der Waals surface area contributed by atoms with E-state index in [0.717, 1.165) is 28.0 Å². The van der Waals surface area contributed by atoms with Gasteiger partial charge in [-0.2, -0.15) is 0 Å². The molecule has 35 heavy (non-hydrogen) atoms. The van der Waals surface area contributed by atoms with Crippen molar-refractivity contribution in [3.05, 3.63) is 48.3 Å². The van der Waals surface area contributed by atoms with Crippen molar-refractivity contribution in [3.8, 4) is 11.5 Å². The van der Waals surface area contributed by atoms with Crippen molar-refractivity contribution < 1.29 is 33.2 Å². The zero-order chi connectivity index (χ0) is 24.0. The van der Waals surface area contributed by atoms with Crippen LogP contribution in [-0.4, -0.2) is 87.7 Å². The van der Waals surface area contributed by atoms with Crippen LogP contribution in [0, 0.1) is 0 Å². The number of fused-ring (bicyclic) bond motifs is 2. The van der Waals surface area contributed by atoms with Gasteiger partial charge < -0.3 is 33.2 Å². The highest BCUT2D eigenvalue weighted by molar-refractivity contribution is 5.93. The average molecular weight is 488 g/mol. The van der Waals surface area contributed by atoms with Crippen LogP contribution in [0.1, 0.15) is 5.69 Å². The molecule has 2 heterocycles. The van der Waals surface area contributed by atoms with Gasteiger partial charge in [-0.1, -0.05) is 29.5 Å². The summed E-state index contributed by atoms with van der Waals surface area (Å²) in [6.45, 7) is 6.35. The largest absolute Gasteiger partial charge is 0.491 e. The van der Waals surface area contributed by atoms with E-state index >= 15 is 0 Å². The zero-order valence-corrected chi connectivity index (χ0v) is 19.9. The quantitative estimate of drug-likeness (QED) is 0.474. The fourth-order valence-electron chi connectivity index (χ4n) is 3.54. The second-order valence-corrected chi connectivity index (χ2v) is 7.78. The molecule has 1 aromatic heterocycles. The lowest BCUT2D eigenvalue weighted by Gasteiger charge is -2.13. The van der Waals surface area contributed by atoms with Crippen LogP contribution in [0.4, 0.5) is 0 Å². The first-order valence-electron chi connectivity index (χ1n) is 12.0. The highest BCUT2D eigenvalue weighted by Gasteiger charge is 2.07. The molecule has 0 radical (unpaired) electrons. The molecular weight excluding hydrogens is 454 g/mol. The zero-order valence-electron chi connectivity index (χ0n) is 19.9. The molecule has 0 spiro atoms. The van der Waals surface area contributed by atoms with Crippen LogP contribution < -0.4 is 9.47 Å². The molecule has 1 aliphatic heterocycles. The van der Waals surface area contributed by atoms with E-state index in [-0.39, 0.29) is 0 Å². The molecule has 0 aliphatic carbocycles. The Labute approximate surface area is 204 Å². The Bertz CT molecular complexity index is 1010. The summed E-state index contributed by atoms with van der Waals surface area (Å²) in [7, 11) is 0. The van der Waals surface area contributed by atoms with Gasteiger partial charge in [0.05, 0.1) is 78.8 Å². The highest BCUT2D eigenvalue weighted by atomic mass is 16.6. The van der Waals surface area contributed by atoms with E-state index in [2.05, 4.69) is 10.3 Å². The molecule has 0 unspecified atom stereocenters. The molecule has 4 rings (SSSR count). The van der Waals surface area contributed by atoms with Crippen molar-refractivity contribution in [1.29, 1.82) is 0 Å². The summed E-state index contributed by atoms with van der Waals surface area (Å²) in [6.07, 6.45) is 1.86. The van der Waals surface area contributed by atoms with Crippen LogP contribution in [0.5, 0.6) is 11.5 Å². The summed E-state index contributed by atoms with van der Waals surface area (Å²) in [5, 5.41) is 10.2. The lowest BCUT2D eigenvalue weighted by molar-refractivity contribution is 0.00554. The van der Waals surface area contributed by atoms with Crippen LogP contribution in [0.3, 0.4) is 0 Å². The number of aromatic nitrogens is 3. The van der Waals surface area contributed by atoms with Crippen molar-refractivity contribution in [2.45, 2.75) is 13.2 Å². The third kappa shape index (κ3) is 8.44. The Kier molecular flexibility index (Phi) is 10.6. The Morgan fingerprint density at radius 2 is 1.09 bits per heavy atom. The van der Waals surface area contributed by atoms with Crippen molar-refractivity contribution in [1.82, 2.24) is 15.0 Å². The minimum atomic E-state index is 0.392. The van der Waals surface area contributed by atoms with Crippen molar-refractivity contribution >= 4 is 10.8 Å². The van der Waals surface area contributed by atoms with E-state index < -0.39 is 0 Å². The summed E-state index contributed by atoms with van der Waals surface area (Å²) in [5.41, 5.74) is 0.773. The SMILES string of the molecule is c1cc2c3cccc(c3c1)OCCOCCOCCOCc1cn(nn1)CCOCCOCCO2. The van der Waals surface area contributed by atoms with Gasteiger partial charge in [0.2, 0.25) is 0 Å². The van der Waals surface area contributed by atoms with Crippen LogP contribution >= 0.6 is 0 Å². The summed E-state index contributed by atoms with van der Waals surface area (Å²) in [6, 6.07) is 11.9. The summed E-state index contributed by atoms with van der Waals surface area (Å²) < 4.78 is 41.7. The molecule has 0 atom stereocenters. The van der Waals surface area contributed by atoms with Gasteiger partial charge >= 0.3 is 0 Å². The molecule has 0 N–H and O–H groups in total. The number of rotatable bonds is 0. The number of nitrogens with zero attached hydrogens (tertiary/aromatic N) is 3. The molecular formula is C25H33N3O7. The highest BCUT2D eigenvalue weighted by Crippen LogP contribution is 2.32. The van der Waals surface area contributed by atoms with Crippen LogP contribution in [0.15, 0.2) is 42.6 Å². The van der Waals surface area contributed by atoms with Gasteiger partial charge in [-0.05, 0) is 12.1 Å². The molecule has 10 heteroatoms. The van der Waals surface area contributed by atoms with Gasteiger partial charge in [0.25, 0.3) is 0 Å². The van der Waals surface area contributed by atoms with E-state index in [1.807, 2.05) is 42.6 Å². The number of benzene rings is 2. The molecule has 3 aromatic rings. The smallest absolute Gasteiger partial charge is 0.127 e. The molecule has 10 nitrogen and oxygen atoms in total. The van der Waals surface area contributed by atoms with Gasteiger partial charge in [0.15, 0.2) is 0 Å². The standard InChI is InChI=1S/C25H33N3O7/c1-4-23-22-3-2-6-25(23)35-18-16-32-12-11-30-13-14-33-20-21-19-28(27-26-21)7-8-29-9-10-31-15-17-34-24(22)5-1/h1-6,19H,7-18,20H2. The molecule has 1 aliphatic rings. The van der Waals surface area contributed by atoms with Gasteiger partial charge in [-0.25, -0.2) is 4.68 Å². The van der Waals surface area contributed by atoms with Gasteiger partial charge in [0, 0.05) is 10.8 Å². The van der Waals surface area contributed by atoms with Crippen LogP contribution in [0.25, 0.3) is 10.8 Å². The fraction of sp³-hybridized carbons (Fsp3) is 0.520. The van der Waals surface area contributed by atoms with E-state index in [4.69, 9.17) is 33.2 Å². The Hall–Kier alpha value is -2.76. The van der Waals surface area contributed by atoms with E-state index in [1.54, 1.807) is 4.68 Å². The molecule has 0 fully saturated rings. The predicted molar refractivity (Wildman–Crippen MR) is 128 cm³/mol. The lowest BCUT2D eigenvalue weighted by atomic mass is 10.1. The number of hydrogen-bond donors (Lipinski definition) is 0. The van der Waals surface area contributed by atoms with E-state index in [9.17, 15) is 0 Å². The van der Waals surface area contributed by atoms with E-state index in [1.165, 1.54) is 0 Å². The summed E-state index contributed by atoms with van der Waals surface area (Å²) in [5.74, 6) is 1.60. The Morgan fingerprint density at radius 3 is 1.69 bits per heavy atom. The second kappa shape index (κ2) is 14.6. The van der Waals surface area contributed by atoms with E-state index in [0.29, 0.717) is 85.8 Å². The monoisotopic (exact) mass is 487 g/mol. The van der Waals surface area contributed by atoms with Crippen molar-refractivity contribution in [2.75, 3.05) is 72.7 Å². The second-order valence-electron chi connectivity index (χ2n) is 7.78. The third-order valence-corrected chi connectivity index (χ3v) is 5.23. The summed E-state index contributed by atoms with van der Waals surface area (Å²) >= 11 is 0. The van der Waals surface area contributed by atoms with Crippen LogP contribution in [-0.2, 0) is 36.8 Å². The normalized spacial score (nSPS) is 18.4. The first-order valence-corrected chi connectivity index (χ1v) is 12.0. The predicted octanol–water partition coefficient (Wildman–Crippen LogP) is 2.49. The molecule has 0 saturated heterocycles. The van der Waals surface area contributed by atoms with Gasteiger partial charge in [-0.15, -0.1) is 5.10 Å². The molecule has 6 bridgehead atoms.